The molecule has 1 aromatic rings. The van der Waals surface area contributed by atoms with E-state index in [1.807, 2.05) is 18.2 Å². The standard InChI is InChI=1S/C16H21NO5/c1-21-12-4-3-11(9-13(12)22-2)10-16(8-6-15(19)20)7-5-14(18)17-16/h3-4,9H,5-8,10H2,1-2H3,(H,17,18)(H,19,20). The molecule has 1 aliphatic rings. The zero-order valence-electron chi connectivity index (χ0n) is 12.8. The van der Waals surface area contributed by atoms with E-state index in [0.29, 0.717) is 37.2 Å². The summed E-state index contributed by atoms with van der Waals surface area (Å²) in [5, 5.41) is 11.9. The fraction of sp³-hybridized carbons (Fsp3) is 0.500. The van der Waals surface area contributed by atoms with Crippen molar-refractivity contribution in [3.63, 3.8) is 0 Å². The molecule has 1 aliphatic heterocycles. The third-order valence-corrected chi connectivity index (χ3v) is 4.04. The molecule has 0 saturated carbocycles. The minimum absolute atomic E-state index is 0.0223. The molecule has 22 heavy (non-hydrogen) atoms. The van der Waals surface area contributed by atoms with E-state index in [0.717, 1.165) is 5.56 Å². The Morgan fingerprint density at radius 2 is 2.05 bits per heavy atom. The summed E-state index contributed by atoms with van der Waals surface area (Å²) in [5.41, 5.74) is 0.486. The van der Waals surface area contributed by atoms with Gasteiger partial charge in [-0.1, -0.05) is 6.07 Å². The highest BCUT2D eigenvalue weighted by Gasteiger charge is 2.38. The molecular formula is C16H21NO5. The number of hydrogen-bond acceptors (Lipinski definition) is 4. The van der Waals surface area contributed by atoms with Gasteiger partial charge in [-0.15, -0.1) is 0 Å². The van der Waals surface area contributed by atoms with Gasteiger partial charge in [0.05, 0.1) is 14.2 Å². The number of hydrogen-bond donors (Lipinski definition) is 2. The van der Waals surface area contributed by atoms with Crippen molar-refractivity contribution < 1.29 is 24.2 Å². The molecule has 0 bridgehead atoms. The average molecular weight is 307 g/mol. The number of benzene rings is 1. The topological polar surface area (TPSA) is 84.9 Å². The van der Waals surface area contributed by atoms with Crippen LogP contribution in [0.15, 0.2) is 18.2 Å². The minimum Gasteiger partial charge on any atom is -0.493 e. The first-order chi connectivity index (χ1) is 10.5. The van der Waals surface area contributed by atoms with Crippen molar-refractivity contribution in [3.8, 4) is 11.5 Å². The van der Waals surface area contributed by atoms with Crippen molar-refractivity contribution in [1.29, 1.82) is 0 Å². The average Bonchev–Trinajstić information content (AvgIpc) is 2.86. The summed E-state index contributed by atoms with van der Waals surface area (Å²) in [5.74, 6) is 0.387. The summed E-state index contributed by atoms with van der Waals surface area (Å²) in [7, 11) is 3.14. The van der Waals surface area contributed by atoms with Crippen LogP contribution in [0.5, 0.6) is 11.5 Å². The van der Waals surface area contributed by atoms with Gasteiger partial charge in [0, 0.05) is 18.4 Å². The van der Waals surface area contributed by atoms with E-state index in [-0.39, 0.29) is 12.3 Å². The predicted octanol–water partition coefficient (Wildman–Crippen LogP) is 1.76. The molecule has 1 amide bonds. The Hall–Kier alpha value is -2.24. The van der Waals surface area contributed by atoms with Gasteiger partial charge >= 0.3 is 5.97 Å². The van der Waals surface area contributed by atoms with Gasteiger partial charge in [-0.05, 0) is 37.0 Å². The van der Waals surface area contributed by atoms with Crippen LogP contribution in [0.25, 0.3) is 0 Å². The molecule has 6 nitrogen and oxygen atoms in total. The smallest absolute Gasteiger partial charge is 0.303 e. The number of aliphatic carboxylic acids is 1. The normalized spacial score (nSPS) is 20.5. The lowest BCUT2D eigenvalue weighted by Crippen LogP contribution is -2.44. The van der Waals surface area contributed by atoms with Gasteiger partial charge in [-0.25, -0.2) is 0 Å². The number of amides is 1. The summed E-state index contributed by atoms with van der Waals surface area (Å²) in [6.45, 7) is 0. The quantitative estimate of drug-likeness (QED) is 0.802. The van der Waals surface area contributed by atoms with Gasteiger partial charge in [0.1, 0.15) is 0 Å². The number of carbonyl (C=O) groups is 2. The monoisotopic (exact) mass is 307 g/mol. The highest BCUT2D eigenvalue weighted by Crippen LogP contribution is 2.33. The van der Waals surface area contributed by atoms with Crippen LogP contribution in [-0.4, -0.2) is 36.7 Å². The van der Waals surface area contributed by atoms with Gasteiger partial charge < -0.3 is 19.9 Å². The van der Waals surface area contributed by atoms with E-state index < -0.39 is 11.5 Å². The van der Waals surface area contributed by atoms with Crippen LogP contribution in [0.3, 0.4) is 0 Å². The second kappa shape index (κ2) is 6.68. The lowest BCUT2D eigenvalue weighted by atomic mass is 9.85. The third kappa shape index (κ3) is 3.69. The van der Waals surface area contributed by atoms with Crippen LogP contribution in [0.4, 0.5) is 0 Å². The summed E-state index contributed by atoms with van der Waals surface area (Å²) < 4.78 is 10.5. The van der Waals surface area contributed by atoms with E-state index in [9.17, 15) is 9.59 Å². The fourth-order valence-electron chi connectivity index (χ4n) is 2.91. The van der Waals surface area contributed by atoms with Gasteiger partial charge in [0.2, 0.25) is 5.91 Å². The molecule has 0 aromatic heterocycles. The Morgan fingerprint density at radius 3 is 2.59 bits per heavy atom. The first kappa shape index (κ1) is 16.1. The van der Waals surface area contributed by atoms with E-state index in [2.05, 4.69) is 5.32 Å². The van der Waals surface area contributed by atoms with Crippen molar-refractivity contribution >= 4 is 11.9 Å². The SMILES string of the molecule is COc1ccc(CC2(CCC(=O)O)CCC(=O)N2)cc1OC. The molecular weight excluding hydrogens is 286 g/mol. The molecule has 120 valence electrons. The summed E-state index contributed by atoms with van der Waals surface area (Å²) in [4.78, 5) is 22.5. The molecule has 1 heterocycles. The number of rotatable bonds is 7. The van der Waals surface area contributed by atoms with Gasteiger partial charge in [0.15, 0.2) is 11.5 Å². The molecule has 6 heteroatoms. The lowest BCUT2D eigenvalue weighted by molar-refractivity contribution is -0.137. The minimum atomic E-state index is -0.854. The molecule has 1 unspecified atom stereocenters. The van der Waals surface area contributed by atoms with Crippen molar-refractivity contribution in [1.82, 2.24) is 5.32 Å². The van der Waals surface area contributed by atoms with Crippen LogP contribution in [0.2, 0.25) is 0 Å². The van der Waals surface area contributed by atoms with Crippen molar-refractivity contribution in [3.05, 3.63) is 23.8 Å². The Labute approximate surface area is 129 Å². The summed E-state index contributed by atoms with van der Waals surface area (Å²) >= 11 is 0. The number of ether oxygens (including phenoxy) is 2. The van der Waals surface area contributed by atoms with Gasteiger partial charge in [0.25, 0.3) is 0 Å². The molecule has 1 aromatic carbocycles. The lowest BCUT2D eigenvalue weighted by Gasteiger charge is -2.29. The zero-order chi connectivity index (χ0) is 16.2. The van der Waals surface area contributed by atoms with Crippen LogP contribution in [0, 0.1) is 0 Å². The number of carbonyl (C=O) groups excluding carboxylic acids is 1. The Bertz CT molecular complexity index is 572. The van der Waals surface area contributed by atoms with Crippen molar-refractivity contribution in [2.75, 3.05) is 14.2 Å². The largest absolute Gasteiger partial charge is 0.493 e. The molecule has 1 atom stereocenters. The number of nitrogens with one attached hydrogen (secondary N) is 1. The highest BCUT2D eigenvalue weighted by molar-refractivity contribution is 5.79. The zero-order valence-corrected chi connectivity index (χ0v) is 12.8. The first-order valence-electron chi connectivity index (χ1n) is 7.22. The highest BCUT2D eigenvalue weighted by atomic mass is 16.5. The predicted molar refractivity (Wildman–Crippen MR) is 80.2 cm³/mol. The number of methoxy groups -OCH3 is 2. The Kier molecular flexibility index (Phi) is 4.90. The van der Waals surface area contributed by atoms with Gasteiger partial charge in [-0.2, -0.15) is 0 Å². The summed E-state index contributed by atoms with van der Waals surface area (Å²) in [6.07, 6.45) is 2.11. The second-order valence-corrected chi connectivity index (χ2v) is 5.59. The molecule has 0 radical (unpaired) electrons. The Balaban J connectivity index is 2.20. The van der Waals surface area contributed by atoms with Crippen LogP contribution < -0.4 is 14.8 Å². The van der Waals surface area contributed by atoms with Gasteiger partial charge in [-0.3, -0.25) is 9.59 Å². The molecule has 1 saturated heterocycles. The molecule has 2 N–H and O–H groups in total. The molecule has 1 fully saturated rings. The fourth-order valence-corrected chi connectivity index (χ4v) is 2.91. The van der Waals surface area contributed by atoms with E-state index in [1.165, 1.54) is 0 Å². The van der Waals surface area contributed by atoms with Crippen molar-refractivity contribution in [2.24, 2.45) is 0 Å². The van der Waals surface area contributed by atoms with Crippen LogP contribution >= 0.6 is 0 Å². The number of carboxylic acid groups (broad SMARTS) is 1. The first-order valence-corrected chi connectivity index (χ1v) is 7.22. The molecule has 2 rings (SSSR count). The maximum atomic E-state index is 11.6. The van der Waals surface area contributed by atoms with Crippen molar-refractivity contribution in [2.45, 2.75) is 37.6 Å². The Morgan fingerprint density at radius 1 is 1.32 bits per heavy atom. The molecule has 0 spiro atoms. The van der Waals surface area contributed by atoms with Crippen LogP contribution in [-0.2, 0) is 16.0 Å². The maximum Gasteiger partial charge on any atom is 0.303 e. The second-order valence-electron chi connectivity index (χ2n) is 5.59. The summed E-state index contributed by atoms with van der Waals surface area (Å²) in [6, 6.07) is 5.59. The maximum absolute atomic E-state index is 11.6. The number of carboxylic acids is 1. The van der Waals surface area contributed by atoms with E-state index >= 15 is 0 Å². The third-order valence-electron chi connectivity index (χ3n) is 4.04. The van der Waals surface area contributed by atoms with E-state index in [1.54, 1.807) is 14.2 Å². The molecule has 0 aliphatic carbocycles. The van der Waals surface area contributed by atoms with Crippen LogP contribution in [0.1, 0.15) is 31.2 Å². The van der Waals surface area contributed by atoms with E-state index in [4.69, 9.17) is 14.6 Å².